The van der Waals surface area contributed by atoms with Gasteiger partial charge in [0.25, 0.3) is 5.56 Å². The van der Waals surface area contributed by atoms with Crippen LogP contribution < -0.4 is 16.2 Å². The van der Waals surface area contributed by atoms with Crippen molar-refractivity contribution >= 4 is 29.0 Å². The van der Waals surface area contributed by atoms with E-state index in [1.54, 1.807) is 24.4 Å². The number of hydrogen-bond donors (Lipinski definition) is 2. The molecule has 0 bridgehead atoms. The van der Waals surface area contributed by atoms with Gasteiger partial charge in [0.2, 0.25) is 0 Å². The zero-order valence-electron chi connectivity index (χ0n) is 15.8. The summed E-state index contributed by atoms with van der Waals surface area (Å²) >= 11 is 6.18. The maximum atomic E-state index is 12.7. The quantitative estimate of drug-likeness (QED) is 0.614. The number of benzene rings is 2. The Balaban J connectivity index is 1.74. The summed E-state index contributed by atoms with van der Waals surface area (Å²) in [6.07, 6.45) is 1.67. The monoisotopic (exact) mass is 395 g/mol. The number of rotatable bonds is 5. The van der Waals surface area contributed by atoms with Gasteiger partial charge in [0, 0.05) is 16.9 Å². The molecule has 1 aromatic heterocycles. The molecule has 0 atom stereocenters. The van der Waals surface area contributed by atoms with Gasteiger partial charge in [0.1, 0.15) is 5.69 Å². The zero-order valence-corrected chi connectivity index (χ0v) is 16.5. The highest BCUT2D eigenvalue weighted by Crippen LogP contribution is 2.19. The fourth-order valence-corrected chi connectivity index (χ4v) is 3.02. The highest BCUT2D eigenvalue weighted by Gasteiger charge is 2.10. The van der Waals surface area contributed by atoms with Gasteiger partial charge in [0.05, 0.1) is 6.54 Å². The number of nitrogens with zero attached hydrogens (tertiary/aromatic N) is 1. The van der Waals surface area contributed by atoms with E-state index in [1.807, 2.05) is 42.5 Å². The summed E-state index contributed by atoms with van der Waals surface area (Å²) in [5.41, 5.74) is 2.54. The molecule has 0 aliphatic rings. The van der Waals surface area contributed by atoms with Crippen LogP contribution in [0.2, 0.25) is 5.02 Å². The lowest BCUT2D eigenvalue weighted by Crippen LogP contribution is -2.28. The highest BCUT2D eigenvalue weighted by molar-refractivity contribution is 6.31. The summed E-state index contributed by atoms with van der Waals surface area (Å²) in [4.78, 5) is 25.0. The van der Waals surface area contributed by atoms with Gasteiger partial charge in [-0.2, -0.15) is 0 Å². The minimum atomic E-state index is -0.464. The molecule has 3 rings (SSSR count). The maximum absolute atomic E-state index is 12.7. The Morgan fingerprint density at radius 3 is 2.57 bits per heavy atom. The number of pyridine rings is 1. The molecule has 144 valence electrons. The molecule has 5 nitrogen and oxygen atoms in total. The number of nitrogens with one attached hydrogen (secondary N) is 2. The highest BCUT2D eigenvalue weighted by atomic mass is 35.5. The SMILES string of the molecule is CC(C)c1cccc(NC(=O)Nc2cccn(Cc3ccccc3Cl)c2=O)c1. The van der Waals surface area contributed by atoms with Gasteiger partial charge < -0.3 is 15.2 Å². The summed E-state index contributed by atoms with van der Waals surface area (Å²) in [5, 5.41) is 6.00. The molecule has 0 aliphatic heterocycles. The van der Waals surface area contributed by atoms with Crippen molar-refractivity contribution in [2.24, 2.45) is 0 Å². The summed E-state index contributed by atoms with van der Waals surface area (Å²) in [6.45, 7) is 4.50. The van der Waals surface area contributed by atoms with Crippen molar-refractivity contribution in [2.45, 2.75) is 26.3 Å². The van der Waals surface area contributed by atoms with E-state index >= 15 is 0 Å². The maximum Gasteiger partial charge on any atom is 0.323 e. The van der Waals surface area contributed by atoms with Crippen LogP contribution in [-0.4, -0.2) is 10.6 Å². The van der Waals surface area contributed by atoms with Crippen molar-refractivity contribution in [3.8, 4) is 0 Å². The van der Waals surface area contributed by atoms with E-state index in [1.165, 1.54) is 4.57 Å². The van der Waals surface area contributed by atoms with Crippen LogP contribution in [0.4, 0.5) is 16.2 Å². The number of urea groups is 1. The van der Waals surface area contributed by atoms with Crippen LogP contribution >= 0.6 is 11.6 Å². The molecule has 0 unspecified atom stereocenters. The van der Waals surface area contributed by atoms with Crippen LogP contribution in [0.15, 0.2) is 71.7 Å². The van der Waals surface area contributed by atoms with Crippen molar-refractivity contribution in [3.63, 3.8) is 0 Å². The minimum absolute atomic E-state index is 0.201. The average Bonchev–Trinajstić information content (AvgIpc) is 2.67. The molecular weight excluding hydrogens is 374 g/mol. The first kappa shape index (κ1) is 19.7. The van der Waals surface area contributed by atoms with E-state index in [0.717, 1.165) is 11.1 Å². The Hall–Kier alpha value is -3.05. The zero-order chi connectivity index (χ0) is 20.1. The van der Waals surface area contributed by atoms with E-state index < -0.39 is 6.03 Å². The predicted octanol–water partition coefficient (Wildman–Crippen LogP) is 5.32. The minimum Gasteiger partial charge on any atom is -0.309 e. The molecule has 0 saturated heterocycles. The summed E-state index contributed by atoms with van der Waals surface area (Å²) in [7, 11) is 0. The summed E-state index contributed by atoms with van der Waals surface area (Å²) in [5.74, 6) is 0.357. The van der Waals surface area contributed by atoms with Crippen LogP contribution in [0.3, 0.4) is 0 Å². The number of anilines is 2. The normalized spacial score (nSPS) is 10.7. The van der Waals surface area contributed by atoms with E-state index in [4.69, 9.17) is 11.6 Å². The van der Waals surface area contributed by atoms with Crippen molar-refractivity contribution in [3.05, 3.63) is 93.4 Å². The standard InChI is InChI=1S/C22H22ClN3O2/c1-15(2)16-8-5-9-18(13-16)24-22(28)25-20-11-6-12-26(21(20)27)14-17-7-3-4-10-19(17)23/h3-13,15H,14H2,1-2H3,(H2,24,25,28). The molecule has 28 heavy (non-hydrogen) atoms. The molecule has 0 aliphatic carbocycles. The Bertz CT molecular complexity index is 1040. The van der Waals surface area contributed by atoms with Crippen molar-refractivity contribution in [1.82, 2.24) is 4.57 Å². The number of aromatic nitrogens is 1. The van der Waals surface area contributed by atoms with Crippen LogP contribution in [0, 0.1) is 0 Å². The number of carbonyl (C=O) groups excluding carboxylic acids is 1. The van der Waals surface area contributed by atoms with E-state index in [2.05, 4.69) is 24.5 Å². The number of amides is 2. The number of hydrogen-bond acceptors (Lipinski definition) is 2. The Labute approximate surface area is 169 Å². The van der Waals surface area contributed by atoms with Gasteiger partial charge in [0.15, 0.2) is 0 Å². The average molecular weight is 396 g/mol. The van der Waals surface area contributed by atoms with Crippen molar-refractivity contribution in [2.75, 3.05) is 10.6 Å². The van der Waals surface area contributed by atoms with E-state index in [9.17, 15) is 9.59 Å². The molecule has 0 radical (unpaired) electrons. The molecule has 6 heteroatoms. The third-order valence-corrected chi connectivity index (χ3v) is 4.75. The van der Waals surface area contributed by atoms with E-state index in [0.29, 0.717) is 23.2 Å². The second kappa shape index (κ2) is 8.76. The molecule has 0 fully saturated rings. The van der Waals surface area contributed by atoms with Crippen LogP contribution in [0.1, 0.15) is 30.9 Å². The van der Waals surface area contributed by atoms with Gasteiger partial charge in [-0.3, -0.25) is 4.79 Å². The lowest BCUT2D eigenvalue weighted by molar-refractivity contribution is 0.262. The molecule has 0 spiro atoms. The van der Waals surface area contributed by atoms with E-state index in [-0.39, 0.29) is 11.2 Å². The third-order valence-electron chi connectivity index (χ3n) is 4.38. The van der Waals surface area contributed by atoms with Gasteiger partial charge in [-0.05, 0) is 47.4 Å². The lowest BCUT2D eigenvalue weighted by Gasteiger charge is -2.12. The molecule has 3 aromatic rings. The van der Waals surface area contributed by atoms with Crippen molar-refractivity contribution in [1.29, 1.82) is 0 Å². The molecule has 0 saturated carbocycles. The first-order valence-corrected chi connectivity index (χ1v) is 9.42. The van der Waals surface area contributed by atoms with Crippen molar-refractivity contribution < 1.29 is 4.79 Å². The van der Waals surface area contributed by atoms with Gasteiger partial charge in [-0.15, -0.1) is 0 Å². The smallest absolute Gasteiger partial charge is 0.309 e. The summed E-state index contributed by atoms with van der Waals surface area (Å²) < 4.78 is 1.51. The molecule has 2 N–H and O–H groups in total. The Morgan fingerprint density at radius 1 is 1.04 bits per heavy atom. The lowest BCUT2D eigenvalue weighted by atomic mass is 10.0. The fourth-order valence-electron chi connectivity index (χ4n) is 2.83. The second-order valence-electron chi connectivity index (χ2n) is 6.81. The molecular formula is C22H22ClN3O2. The van der Waals surface area contributed by atoms with Crippen LogP contribution in [-0.2, 0) is 6.54 Å². The molecule has 2 amide bonds. The number of halogens is 1. The van der Waals surface area contributed by atoms with Gasteiger partial charge >= 0.3 is 6.03 Å². The molecule has 2 aromatic carbocycles. The fraction of sp³-hybridized carbons (Fsp3) is 0.182. The second-order valence-corrected chi connectivity index (χ2v) is 7.21. The largest absolute Gasteiger partial charge is 0.323 e. The van der Waals surface area contributed by atoms with Crippen LogP contribution in [0.5, 0.6) is 0 Å². The topological polar surface area (TPSA) is 63.1 Å². The number of carbonyl (C=O) groups is 1. The Morgan fingerprint density at radius 2 is 1.82 bits per heavy atom. The Kier molecular flexibility index (Phi) is 6.16. The predicted molar refractivity (Wildman–Crippen MR) is 114 cm³/mol. The van der Waals surface area contributed by atoms with Crippen LogP contribution in [0.25, 0.3) is 0 Å². The van der Waals surface area contributed by atoms with Gasteiger partial charge in [-0.1, -0.05) is 55.8 Å². The first-order valence-electron chi connectivity index (χ1n) is 9.05. The third kappa shape index (κ3) is 4.81. The molecule has 1 heterocycles. The van der Waals surface area contributed by atoms with Gasteiger partial charge in [-0.25, -0.2) is 4.79 Å². The summed E-state index contributed by atoms with van der Waals surface area (Å²) in [6, 6.07) is 17.8. The first-order chi connectivity index (χ1) is 13.4.